The molecule has 0 heterocycles. The van der Waals surface area contributed by atoms with Gasteiger partial charge in [-0.05, 0) is 0 Å². The first kappa shape index (κ1) is 9.27. The second-order valence-corrected chi connectivity index (χ2v) is 0.981. The summed E-state index contributed by atoms with van der Waals surface area (Å²) in [6.07, 6.45) is 0. The molecule has 0 spiro atoms. The van der Waals surface area contributed by atoms with Gasteiger partial charge in [-0.15, -0.1) is 0 Å². The van der Waals surface area contributed by atoms with E-state index in [-0.39, 0.29) is 21.1 Å². The van der Waals surface area contributed by atoms with Crippen molar-refractivity contribution in [3.63, 3.8) is 0 Å². The van der Waals surface area contributed by atoms with Crippen LogP contribution in [0.4, 0.5) is 0 Å². The Morgan fingerprint density at radius 3 is 1.40 bits per heavy atom. The molecule has 1 N–H and O–H groups in total. The minimum absolute atomic E-state index is 0. The van der Waals surface area contributed by atoms with Crippen LogP contribution >= 0.6 is 0 Å². The van der Waals surface area contributed by atoms with Crippen LogP contribution in [0.5, 0.6) is 0 Å². The summed E-state index contributed by atoms with van der Waals surface area (Å²) in [5.74, 6) is 0. The summed E-state index contributed by atoms with van der Waals surface area (Å²) in [4.78, 5) is 0. The Morgan fingerprint density at radius 2 is 1.40 bits per heavy atom. The molecule has 0 aliphatic carbocycles. The van der Waals surface area contributed by atoms with E-state index in [0.29, 0.717) is 0 Å². The predicted octanol–water partition coefficient (Wildman–Crippen LogP) is -0.800. The summed E-state index contributed by atoms with van der Waals surface area (Å²) in [6.45, 7) is 0. The molecule has 0 unspecified atom stereocenters. The van der Waals surface area contributed by atoms with Crippen molar-refractivity contribution in [2.45, 2.75) is 0 Å². The largest absolute Gasteiger partial charge is 0 e. The third-order valence-electron chi connectivity index (χ3n) is 0. The van der Waals surface area contributed by atoms with Crippen LogP contribution in [-0.4, -0.2) is 4.03 Å². The average molecular weight is 284 g/mol. The number of hydrogen-bond donors (Lipinski definition) is 1. The molecular formula is HO3VW. The summed E-state index contributed by atoms with van der Waals surface area (Å²) in [5.41, 5.74) is 0. The van der Waals surface area contributed by atoms with Crippen molar-refractivity contribution in [1.29, 1.82) is 0 Å². The molecule has 0 saturated carbocycles. The Bertz CT molecular complexity index is 55.3. The summed E-state index contributed by atoms with van der Waals surface area (Å²) in [7, 11) is 0. The second kappa shape index (κ2) is 4.83. The molecule has 3 nitrogen and oxygen atoms in total. The Balaban J connectivity index is 0. The fourth-order valence-corrected chi connectivity index (χ4v) is 0. The molecule has 0 aromatic heterocycles. The van der Waals surface area contributed by atoms with Gasteiger partial charge < -0.3 is 0 Å². The van der Waals surface area contributed by atoms with Gasteiger partial charge in [0.05, 0.1) is 0 Å². The summed E-state index contributed by atoms with van der Waals surface area (Å²) in [6, 6.07) is 0. The summed E-state index contributed by atoms with van der Waals surface area (Å²) >= 11 is -3.69. The van der Waals surface area contributed by atoms with Crippen molar-refractivity contribution in [3.05, 3.63) is 0 Å². The Labute approximate surface area is 48.0 Å². The van der Waals surface area contributed by atoms with Crippen LogP contribution in [0.15, 0.2) is 0 Å². The Hall–Kier alpha value is 0.833. The van der Waals surface area contributed by atoms with Gasteiger partial charge in [0.25, 0.3) is 0 Å². The molecule has 0 atom stereocenters. The van der Waals surface area contributed by atoms with Crippen molar-refractivity contribution in [1.82, 2.24) is 0 Å². The first-order valence-corrected chi connectivity index (χ1v) is 2.33. The topological polar surface area (TPSA) is 54.4 Å². The molecule has 5 heteroatoms. The molecule has 0 amide bonds. The van der Waals surface area contributed by atoms with Crippen LogP contribution in [0, 0.1) is 0 Å². The van der Waals surface area contributed by atoms with Crippen molar-refractivity contribution in [3.8, 4) is 0 Å². The van der Waals surface area contributed by atoms with E-state index in [4.69, 9.17) is 11.4 Å². The molecule has 0 fully saturated rings. The van der Waals surface area contributed by atoms with Gasteiger partial charge in [0, 0.05) is 21.1 Å². The molecule has 0 bridgehead atoms. The Kier molecular flexibility index (Phi) is 8.96. The Morgan fingerprint density at radius 1 is 1.40 bits per heavy atom. The summed E-state index contributed by atoms with van der Waals surface area (Å²) < 4.78 is 24.4. The monoisotopic (exact) mass is 284 g/mol. The van der Waals surface area contributed by atoms with E-state index in [1.54, 1.807) is 0 Å². The molecule has 0 rings (SSSR count). The van der Waals surface area contributed by atoms with Gasteiger partial charge in [-0.1, -0.05) is 0 Å². The maximum atomic E-state index is 8.67. The number of rotatable bonds is 0. The summed E-state index contributed by atoms with van der Waals surface area (Å²) in [5, 5.41) is 0. The normalized spacial score (nSPS) is 5.00. The fraction of sp³-hybridized carbons (Fsp3) is 0. The standard InChI is InChI=1S/H2O.2O.V.W/h1H2;;;;/q;;;+1;/p-1. The fourth-order valence-electron chi connectivity index (χ4n) is 0. The quantitative estimate of drug-likeness (QED) is 0.633. The molecule has 0 aliphatic rings. The van der Waals surface area contributed by atoms with E-state index in [2.05, 4.69) is 0 Å². The smallest absolute Gasteiger partial charge is 0 e. The van der Waals surface area contributed by atoms with E-state index < -0.39 is 15.4 Å². The molecule has 0 aromatic rings. The van der Waals surface area contributed by atoms with E-state index in [1.807, 2.05) is 0 Å². The molecule has 0 saturated heterocycles. The zero-order chi connectivity index (χ0) is 3.58. The van der Waals surface area contributed by atoms with Crippen LogP contribution in [0.1, 0.15) is 0 Å². The van der Waals surface area contributed by atoms with Gasteiger partial charge in [-0.2, -0.15) is 0 Å². The van der Waals surface area contributed by atoms with Crippen LogP contribution in [0.2, 0.25) is 0 Å². The molecule has 0 aromatic carbocycles. The maximum Gasteiger partial charge on any atom is 0 e. The van der Waals surface area contributed by atoms with E-state index in [9.17, 15) is 0 Å². The molecule has 5 heavy (non-hydrogen) atoms. The molecule has 0 aliphatic heterocycles. The van der Waals surface area contributed by atoms with Gasteiger partial charge in [0.15, 0.2) is 0 Å². The van der Waals surface area contributed by atoms with Crippen LogP contribution < -0.4 is 0 Å². The zero-order valence-corrected chi connectivity index (χ0v) is 6.45. The van der Waals surface area contributed by atoms with Gasteiger partial charge >= 0.3 is 26.8 Å². The van der Waals surface area contributed by atoms with Crippen molar-refractivity contribution >= 4 is 0 Å². The number of hydrogen-bond acceptors (Lipinski definition) is 2. The van der Waals surface area contributed by atoms with Gasteiger partial charge in [0.1, 0.15) is 0 Å². The third kappa shape index (κ3) is 55.9. The van der Waals surface area contributed by atoms with Crippen LogP contribution in [0.25, 0.3) is 0 Å². The van der Waals surface area contributed by atoms with Gasteiger partial charge in [0.2, 0.25) is 0 Å². The van der Waals surface area contributed by atoms with Crippen LogP contribution in [0.3, 0.4) is 0 Å². The molecule has 0 radical (unpaired) electrons. The predicted molar refractivity (Wildman–Crippen MR) is 3.59 cm³/mol. The molecule has 30 valence electrons. The van der Waals surface area contributed by atoms with Gasteiger partial charge in [-0.3, -0.25) is 0 Å². The minimum Gasteiger partial charge on any atom is 0 e. The average Bonchev–Trinajstić information content (AvgIpc) is 0.811. The van der Waals surface area contributed by atoms with E-state index in [0.717, 1.165) is 0 Å². The van der Waals surface area contributed by atoms with Crippen molar-refractivity contribution < 1.29 is 47.8 Å². The van der Waals surface area contributed by atoms with E-state index in [1.165, 1.54) is 0 Å². The van der Waals surface area contributed by atoms with E-state index >= 15 is 0 Å². The third-order valence-corrected chi connectivity index (χ3v) is 0. The van der Waals surface area contributed by atoms with Crippen molar-refractivity contribution in [2.24, 2.45) is 0 Å². The van der Waals surface area contributed by atoms with Crippen molar-refractivity contribution in [2.75, 3.05) is 0 Å². The SMILES string of the molecule is [O]=[V](=[O])[OH].[W]. The maximum absolute atomic E-state index is 8.67. The zero-order valence-electron chi connectivity index (χ0n) is 2.12. The first-order chi connectivity index (χ1) is 1.73. The van der Waals surface area contributed by atoms with Gasteiger partial charge in [-0.25, -0.2) is 0 Å². The second-order valence-electron chi connectivity index (χ2n) is 0.238. The first-order valence-electron chi connectivity index (χ1n) is 0.565. The molecular weight excluding hydrogens is 283 g/mol. The minimum atomic E-state index is -3.69. The van der Waals surface area contributed by atoms with Crippen LogP contribution in [-0.2, 0) is 43.8 Å².